The van der Waals surface area contributed by atoms with Crippen molar-refractivity contribution < 1.29 is 9.18 Å². The van der Waals surface area contributed by atoms with Crippen molar-refractivity contribution in [2.24, 2.45) is 7.05 Å². The Morgan fingerprint density at radius 1 is 1.00 bits per heavy atom. The van der Waals surface area contributed by atoms with E-state index in [9.17, 15) is 9.18 Å². The summed E-state index contributed by atoms with van der Waals surface area (Å²) in [6.07, 6.45) is 3.44. The number of aromatic nitrogens is 3. The summed E-state index contributed by atoms with van der Waals surface area (Å²) >= 11 is 12.0. The molecule has 0 aliphatic carbocycles. The zero-order chi connectivity index (χ0) is 22.0. The second kappa shape index (κ2) is 8.88. The van der Waals surface area contributed by atoms with Crippen molar-refractivity contribution in [1.29, 1.82) is 0 Å². The molecule has 0 saturated carbocycles. The molecule has 1 amide bonds. The Morgan fingerprint density at radius 3 is 2.39 bits per heavy atom. The molecule has 0 bridgehead atoms. The maximum atomic E-state index is 13.4. The van der Waals surface area contributed by atoms with E-state index >= 15 is 0 Å². The summed E-state index contributed by atoms with van der Waals surface area (Å²) in [7, 11) is 1.74. The lowest BCUT2D eigenvalue weighted by atomic mass is 10.0. The van der Waals surface area contributed by atoms with Crippen LogP contribution in [0.1, 0.15) is 5.56 Å². The fourth-order valence-electron chi connectivity index (χ4n) is 3.28. The van der Waals surface area contributed by atoms with Crippen molar-refractivity contribution in [3.63, 3.8) is 0 Å². The van der Waals surface area contributed by atoms with Gasteiger partial charge in [0.05, 0.1) is 22.0 Å². The number of nitrogens with zero attached hydrogens (tertiary/aromatic N) is 3. The number of halogens is 3. The smallest absolute Gasteiger partial charge is 0.229 e. The zero-order valence-electron chi connectivity index (χ0n) is 16.4. The number of rotatable bonds is 5. The molecule has 8 heteroatoms. The van der Waals surface area contributed by atoms with Crippen molar-refractivity contribution >= 4 is 34.9 Å². The topological polar surface area (TPSA) is 59.8 Å². The van der Waals surface area contributed by atoms with Crippen LogP contribution in [-0.2, 0) is 18.3 Å². The van der Waals surface area contributed by atoms with Gasteiger partial charge in [-0.1, -0.05) is 29.3 Å². The second-order valence-corrected chi connectivity index (χ2v) is 7.73. The predicted octanol–water partition coefficient (Wildman–Crippen LogP) is 5.78. The Bertz CT molecular complexity index is 1240. The van der Waals surface area contributed by atoms with Gasteiger partial charge >= 0.3 is 0 Å². The Hall–Kier alpha value is -3.22. The number of carbonyl (C=O) groups is 1. The van der Waals surface area contributed by atoms with E-state index in [1.165, 1.54) is 12.1 Å². The molecule has 0 aliphatic rings. The lowest BCUT2D eigenvalue weighted by Crippen LogP contribution is -2.17. The molecule has 0 fully saturated rings. The van der Waals surface area contributed by atoms with E-state index in [0.29, 0.717) is 21.6 Å². The largest absolute Gasteiger partial charge is 0.310 e. The van der Waals surface area contributed by atoms with Gasteiger partial charge in [-0.3, -0.25) is 14.5 Å². The first-order valence-corrected chi connectivity index (χ1v) is 10.1. The van der Waals surface area contributed by atoms with E-state index in [4.69, 9.17) is 23.2 Å². The zero-order valence-corrected chi connectivity index (χ0v) is 18.0. The standard InChI is InChI=1S/C23H17Cl2FN4O/c1-30-23(28-20(31)13-14-2-7-18(24)19(25)12-14)21(15-8-10-27-11-9-15)22(29-30)16-3-5-17(26)6-4-16/h2-12H,13H2,1H3,(H,28,31). The highest BCUT2D eigenvalue weighted by atomic mass is 35.5. The average Bonchev–Trinajstić information content (AvgIpc) is 3.08. The first kappa shape index (κ1) is 21.0. The molecule has 4 aromatic rings. The number of pyridine rings is 1. The van der Waals surface area contributed by atoms with Gasteiger partial charge in [0.15, 0.2) is 0 Å². The van der Waals surface area contributed by atoms with Gasteiger partial charge in [0.1, 0.15) is 17.3 Å². The number of carbonyl (C=O) groups excluding carboxylic acids is 1. The summed E-state index contributed by atoms with van der Waals surface area (Å²) in [5.41, 5.74) is 3.64. The Kier molecular flexibility index (Phi) is 6.02. The highest BCUT2D eigenvalue weighted by Gasteiger charge is 2.21. The van der Waals surface area contributed by atoms with Crippen molar-refractivity contribution in [1.82, 2.24) is 14.8 Å². The van der Waals surface area contributed by atoms with E-state index in [1.54, 1.807) is 54.5 Å². The van der Waals surface area contributed by atoms with Gasteiger partial charge in [-0.25, -0.2) is 4.39 Å². The maximum absolute atomic E-state index is 13.4. The van der Waals surface area contributed by atoms with E-state index < -0.39 is 0 Å². The molecule has 2 aromatic heterocycles. The Labute approximate surface area is 188 Å². The van der Waals surface area contributed by atoms with Crippen LogP contribution in [-0.4, -0.2) is 20.7 Å². The third kappa shape index (κ3) is 4.60. The summed E-state index contributed by atoms with van der Waals surface area (Å²) in [5.74, 6) is -0.0433. The quantitative estimate of drug-likeness (QED) is 0.415. The molecule has 1 N–H and O–H groups in total. The molecule has 0 saturated heterocycles. The van der Waals surface area contributed by atoms with Crippen molar-refractivity contribution in [2.45, 2.75) is 6.42 Å². The normalized spacial score (nSPS) is 10.8. The molecule has 0 aliphatic heterocycles. The van der Waals surface area contributed by atoms with Gasteiger partial charge in [0.2, 0.25) is 5.91 Å². The second-order valence-electron chi connectivity index (χ2n) is 6.91. The molecule has 0 unspecified atom stereocenters. The molecule has 0 atom stereocenters. The summed E-state index contributed by atoms with van der Waals surface area (Å²) in [6, 6.07) is 14.8. The highest BCUT2D eigenvalue weighted by molar-refractivity contribution is 6.42. The van der Waals surface area contributed by atoms with E-state index in [0.717, 1.165) is 22.3 Å². The summed E-state index contributed by atoms with van der Waals surface area (Å²) in [5, 5.41) is 8.37. The van der Waals surface area contributed by atoms with Crippen LogP contribution in [0, 0.1) is 5.82 Å². The number of amides is 1. The molecule has 156 valence electrons. The number of benzene rings is 2. The first-order valence-electron chi connectivity index (χ1n) is 9.39. The lowest BCUT2D eigenvalue weighted by molar-refractivity contribution is -0.115. The third-order valence-electron chi connectivity index (χ3n) is 4.74. The van der Waals surface area contributed by atoms with Gasteiger partial charge in [-0.15, -0.1) is 0 Å². The number of hydrogen-bond acceptors (Lipinski definition) is 3. The summed E-state index contributed by atoms with van der Waals surface area (Å²) in [4.78, 5) is 16.9. The number of aryl methyl sites for hydroxylation is 1. The Morgan fingerprint density at radius 2 is 1.71 bits per heavy atom. The van der Waals surface area contributed by atoms with E-state index in [2.05, 4.69) is 15.4 Å². The van der Waals surface area contributed by atoms with E-state index in [-0.39, 0.29) is 18.1 Å². The monoisotopic (exact) mass is 454 g/mol. The third-order valence-corrected chi connectivity index (χ3v) is 5.48. The van der Waals surface area contributed by atoms with Gasteiger partial charge < -0.3 is 5.32 Å². The van der Waals surface area contributed by atoms with Crippen LogP contribution in [0.25, 0.3) is 22.4 Å². The van der Waals surface area contributed by atoms with Crippen LogP contribution in [0.3, 0.4) is 0 Å². The molecular formula is C23H17Cl2FN4O. The first-order chi connectivity index (χ1) is 14.9. The number of nitrogens with one attached hydrogen (secondary N) is 1. The molecule has 0 radical (unpaired) electrons. The fourth-order valence-corrected chi connectivity index (χ4v) is 3.60. The van der Waals surface area contributed by atoms with Gasteiger partial charge in [-0.05, 0) is 59.7 Å². The SMILES string of the molecule is Cn1nc(-c2ccc(F)cc2)c(-c2ccncc2)c1NC(=O)Cc1ccc(Cl)c(Cl)c1. The van der Waals surface area contributed by atoms with E-state index in [1.807, 2.05) is 12.1 Å². The molecular weight excluding hydrogens is 438 g/mol. The van der Waals surface area contributed by atoms with Gasteiger partial charge in [0, 0.05) is 25.0 Å². The summed E-state index contributed by atoms with van der Waals surface area (Å²) in [6.45, 7) is 0. The minimum Gasteiger partial charge on any atom is -0.310 e. The van der Waals surface area contributed by atoms with Crippen LogP contribution < -0.4 is 5.32 Å². The van der Waals surface area contributed by atoms with Crippen molar-refractivity contribution in [2.75, 3.05) is 5.32 Å². The van der Waals surface area contributed by atoms with Crippen LogP contribution in [0.5, 0.6) is 0 Å². The molecule has 2 aromatic carbocycles. The van der Waals surface area contributed by atoms with Crippen LogP contribution in [0.15, 0.2) is 67.0 Å². The molecule has 5 nitrogen and oxygen atoms in total. The van der Waals surface area contributed by atoms with Crippen LogP contribution in [0.2, 0.25) is 10.0 Å². The van der Waals surface area contributed by atoms with Gasteiger partial charge in [-0.2, -0.15) is 5.10 Å². The minimum absolute atomic E-state index is 0.115. The number of hydrogen-bond donors (Lipinski definition) is 1. The number of anilines is 1. The maximum Gasteiger partial charge on any atom is 0.229 e. The average molecular weight is 455 g/mol. The highest BCUT2D eigenvalue weighted by Crippen LogP contribution is 2.37. The summed E-state index contributed by atoms with van der Waals surface area (Å²) < 4.78 is 15.0. The Balaban J connectivity index is 1.72. The van der Waals surface area contributed by atoms with Crippen LogP contribution in [0.4, 0.5) is 10.2 Å². The molecule has 31 heavy (non-hydrogen) atoms. The van der Waals surface area contributed by atoms with Crippen molar-refractivity contribution in [3.8, 4) is 22.4 Å². The van der Waals surface area contributed by atoms with Gasteiger partial charge in [0.25, 0.3) is 0 Å². The minimum atomic E-state index is -0.333. The predicted molar refractivity (Wildman–Crippen MR) is 121 cm³/mol. The molecule has 4 rings (SSSR count). The fraction of sp³-hybridized carbons (Fsp3) is 0.0870. The molecule has 0 spiro atoms. The molecule has 2 heterocycles. The lowest BCUT2D eigenvalue weighted by Gasteiger charge is -2.10. The van der Waals surface area contributed by atoms with Crippen LogP contribution >= 0.6 is 23.2 Å². The van der Waals surface area contributed by atoms with Crippen molar-refractivity contribution in [3.05, 3.63) is 88.4 Å².